The van der Waals surface area contributed by atoms with Gasteiger partial charge >= 0.3 is 12.2 Å². The number of hydrogen-bond acceptors (Lipinski definition) is 8. The average Bonchev–Trinajstić information content (AvgIpc) is 3.21. The van der Waals surface area contributed by atoms with Crippen molar-refractivity contribution >= 4 is 18.0 Å². The van der Waals surface area contributed by atoms with Crippen LogP contribution in [0.2, 0.25) is 0 Å². The lowest BCUT2D eigenvalue weighted by Crippen LogP contribution is -2.63. The summed E-state index contributed by atoms with van der Waals surface area (Å²) in [6.45, 7) is 12.4. The maximum absolute atomic E-state index is 13.4. The number of imide groups is 1. The zero-order chi connectivity index (χ0) is 27.1. The number of aliphatic hydroxyl groups is 3. The molecule has 204 valence electrons. The van der Waals surface area contributed by atoms with Crippen LogP contribution in [0.3, 0.4) is 0 Å². The second kappa shape index (κ2) is 10.1. The largest absolute Gasteiger partial charge is 0.448 e. The molecule has 0 heterocycles. The number of amides is 2. The Labute approximate surface area is 213 Å². The first kappa shape index (κ1) is 28.6. The molecule has 0 aliphatic heterocycles. The van der Waals surface area contributed by atoms with Crippen LogP contribution >= 0.6 is 0 Å². The number of nitrogens with one attached hydrogen (secondary N) is 1. The number of ketones is 1. The summed E-state index contributed by atoms with van der Waals surface area (Å²) in [5.41, 5.74) is -2.91. The molecule has 2 bridgehead atoms. The van der Waals surface area contributed by atoms with Crippen LogP contribution in [-0.2, 0) is 14.3 Å². The summed E-state index contributed by atoms with van der Waals surface area (Å²) >= 11 is 0. The van der Waals surface area contributed by atoms with Gasteiger partial charge in [-0.3, -0.25) is 4.79 Å². The zero-order valence-corrected chi connectivity index (χ0v) is 22.2. The molecule has 0 spiro atoms. The van der Waals surface area contributed by atoms with Crippen molar-refractivity contribution < 1.29 is 39.2 Å². The molecule has 0 aromatic carbocycles. The van der Waals surface area contributed by atoms with Gasteiger partial charge < -0.3 is 24.8 Å². The zero-order valence-electron chi connectivity index (χ0n) is 22.2. The van der Waals surface area contributed by atoms with Crippen molar-refractivity contribution in [2.75, 3.05) is 19.8 Å². The normalized spacial score (nSPS) is 40.4. The quantitative estimate of drug-likeness (QED) is 0.400. The van der Waals surface area contributed by atoms with Gasteiger partial charge in [0.05, 0.1) is 19.3 Å². The molecular weight excluding hydrogens is 466 g/mol. The maximum atomic E-state index is 13.4. The Kier molecular flexibility index (Phi) is 7.99. The lowest BCUT2D eigenvalue weighted by molar-refractivity contribution is -0.191. The Morgan fingerprint density at radius 2 is 1.83 bits per heavy atom. The van der Waals surface area contributed by atoms with Gasteiger partial charge in [-0.05, 0) is 42.9 Å². The highest BCUT2D eigenvalue weighted by atomic mass is 16.6. The molecule has 3 aliphatic carbocycles. The Morgan fingerprint density at radius 1 is 1.19 bits per heavy atom. The summed E-state index contributed by atoms with van der Waals surface area (Å²) < 4.78 is 10.9. The molecule has 0 radical (unpaired) electrons. The van der Waals surface area contributed by atoms with Gasteiger partial charge in [-0.2, -0.15) is 0 Å². The molecule has 4 N–H and O–H groups in total. The number of alkyl carbamates (subject to hydrolysis) is 2. The fraction of sp³-hybridized carbons (Fsp3) is 0.815. The number of hydrogen-bond donors (Lipinski definition) is 4. The molecule has 1 unspecified atom stereocenters. The third-order valence-electron chi connectivity index (χ3n) is 10.1. The molecule has 0 aromatic rings. The summed E-state index contributed by atoms with van der Waals surface area (Å²) in [4.78, 5) is 38.6. The van der Waals surface area contributed by atoms with Crippen molar-refractivity contribution in [3.63, 3.8) is 0 Å². The molecule has 8 atom stereocenters. The molecule has 0 aromatic heterocycles. The molecule has 36 heavy (non-hydrogen) atoms. The third kappa shape index (κ3) is 4.58. The Morgan fingerprint density at radius 3 is 2.42 bits per heavy atom. The molecule has 3 rings (SSSR count). The number of rotatable bonds is 6. The van der Waals surface area contributed by atoms with Crippen LogP contribution in [0.1, 0.15) is 66.7 Å². The molecule has 9 nitrogen and oxygen atoms in total. The smallest absolute Gasteiger partial charge is 0.416 e. The van der Waals surface area contributed by atoms with E-state index in [2.05, 4.69) is 18.8 Å². The Bertz CT molecular complexity index is 887. The molecular formula is C27H43NO8. The first-order valence-corrected chi connectivity index (χ1v) is 12.9. The first-order chi connectivity index (χ1) is 16.7. The fourth-order valence-corrected chi connectivity index (χ4v) is 7.16. The van der Waals surface area contributed by atoms with Crippen molar-refractivity contribution in [2.24, 2.45) is 39.4 Å². The van der Waals surface area contributed by atoms with Crippen LogP contribution in [0, 0.1) is 39.4 Å². The van der Waals surface area contributed by atoms with Crippen molar-refractivity contribution in [3.05, 3.63) is 12.7 Å². The Balaban J connectivity index is 1.91. The summed E-state index contributed by atoms with van der Waals surface area (Å²) in [5.74, 6) is -0.298. The van der Waals surface area contributed by atoms with Crippen molar-refractivity contribution in [3.8, 4) is 0 Å². The van der Waals surface area contributed by atoms with Crippen LogP contribution in [0.4, 0.5) is 9.59 Å². The van der Waals surface area contributed by atoms with E-state index in [1.807, 2.05) is 20.8 Å². The number of carbonyl (C=O) groups is 3. The number of carbonyl (C=O) groups excluding carboxylic acids is 3. The van der Waals surface area contributed by atoms with Gasteiger partial charge in [-0.25, -0.2) is 14.9 Å². The van der Waals surface area contributed by atoms with Gasteiger partial charge in [-0.15, -0.1) is 6.58 Å². The fourth-order valence-electron chi connectivity index (χ4n) is 7.16. The van der Waals surface area contributed by atoms with E-state index in [1.165, 1.54) is 6.92 Å². The number of ether oxygens (including phenoxy) is 2. The van der Waals surface area contributed by atoms with Crippen molar-refractivity contribution in [1.29, 1.82) is 0 Å². The standard InChI is InChI=1S/C27H43NO8/c1-7-25(5)12-19(36-23(34)28-22(33)35-15-24(4,13-29)14-30)26(6)16(2)8-10-27(17(3)21(25)32)11-9-18(31)20(26)27/h7,16-17,19-21,29-30,32H,1,8-15H2,2-6H3,(H,28,33,34)/t16?,17-,19+,20-,21-,25+,26+,27-/m0/s1. The van der Waals surface area contributed by atoms with E-state index in [4.69, 9.17) is 9.47 Å². The SMILES string of the molecule is C=C[C@]1(C)C[C@@H](OC(=O)NC(=O)OCC(C)(CO)CO)[C@@]2(C)C(C)CC[C@]3(CCC(=O)[C@H]32)[C@@H](C)[C@@H]1O. The second-order valence-corrected chi connectivity index (χ2v) is 12.3. The molecule has 2 amide bonds. The van der Waals surface area contributed by atoms with Gasteiger partial charge in [-0.1, -0.05) is 40.7 Å². The van der Waals surface area contributed by atoms with E-state index in [0.29, 0.717) is 12.8 Å². The van der Waals surface area contributed by atoms with Gasteiger partial charge in [0.25, 0.3) is 0 Å². The maximum Gasteiger partial charge on any atom is 0.416 e. The van der Waals surface area contributed by atoms with E-state index >= 15 is 0 Å². The topological polar surface area (TPSA) is 142 Å². The van der Waals surface area contributed by atoms with Crippen molar-refractivity contribution in [1.82, 2.24) is 5.32 Å². The minimum absolute atomic E-state index is 0.0637. The first-order valence-electron chi connectivity index (χ1n) is 12.9. The van der Waals surface area contributed by atoms with E-state index in [0.717, 1.165) is 12.8 Å². The highest BCUT2D eigenvalue weighted by molar-refractivity contribution is 5.88. The Hall–Kier alpha value is -1.97. The number of aliphatic hydroxyl groups excluding tert-OH is 3. The molecule has 3 fully saturated rings. The summed E-state index contributed by atoms with van der Waals surface area (Å²) in [7, 11) is 0. The average molecular weight is 510 g/mol. The lowest BCUT2D eigenvalue weighted by Gasteiger charge is -2.61. The molecule has 3 saturated carbocycles. The van der Waals surface area contributed by atoms with E-state index in [1.54, 1.807) is 6.08 Å². The van der Waals surface area contributed by atoms with Crippen LogP contribution < -0.4 is 5.32 Å². The molecule has 0 saturated heterocycles. The van der Waals surface area contributed by atoms with Gasteiger partial charge in [0, 0.05) is 28.6 Å². The van der Waals surface area contributed by atoms with E-state index < -0.39 is 59.3 Å². The highest BCUT2D eigenvalue weighted by Crippen LogP contribution is 2.67. The molecule has 3 aliphatic rings. The van der Waals surface area contributed by atoms with Gasteiger partial charge in [0.2, 0.25) is 0 Å². The van der Waals surface area contributed by atoms with Crippen LogP contribution in [0.15, 0.2) is 12.7 Å². The van der Waals surface area contributed by atoms with Gasteiger partial charge in [0.1, 0.15) is 18.5 Å². The van der Waals surface area contributed by atoms with Crippen molar-refractivity contribution in [2.45, 2.75) is 78.9 Å². The van der Waals surface area contributed by atoms with Gasteiger partial charge in [0.15, 0.2) is 0 Å². The van der Waals surface area contributed by atoms with Crippen LogP contribution in [0.25, 0.3) is 0 Å². The monoisotopic (exact) mass is 509 g/mol. The lowest BCUT2D eigenvalue weighted by atomic mass is 9.44. The summed E-state index contributed by atoms with van der Waals surface area (Å²) in [6.07, 6.45) is 1.14. The second-order valence-electron chi connectivity index (χ2n) is 12.3. The van der Waals surface area contributed by atoms with E-state index in [-0.39, 0.29) is 36.6 Å². The minimum atomic E-state index is -1.06. The third-order valence-corrected chi connectivity index (χ3v) is 10.1. The predicted octanol–water partition coefficient (Wildman–Crippen LogP) is 3.20. The predicted molar refractivity (Wildman–Crippen MR) is 132 cm³/mol. The summed E-state index contributed by atoms with van der Waals surface area (Å²) in [6, 6.07) is 0. The highest BCUT2D eigenvalue weighted by Gasteiger charge is 2.68. The van der Waals surface area contributed by atoms with E-state index in [9.17, 15) is 29.7 Å². The van der Waals surface area contributed by atoms with Crippen LogP contribution in [-0.4, -0.2) is 65.3 Å². The summed E-state index contributed by atoms with van der Waals surface area (Å²) in [5, 5.41) is 32.3. The minimum Gasteiger partial charge on any atom is -0.448 e. The number of Topliss-reactive ketones (excluding diaryl/α,β-unsaturated/α-hetero) is 1. The van der Waals surface area contributed by atoms with Crippen LogP contribution in [0.5, 0.6) is 0 Å². The molecule has 9 heteroatoms.